The lowest BCUT2D eigenvalue weighted by atomic mass is 10.1. The van der Waals surface area contributed by atoms with Crippen molar-refractivity contribution < 1.29 is 17.9 Å². The summed E-state index contributed by atoms with van der Waals surface area (Å²) in [5.41, 5.74) is 1.82. The molecular weight excluding hydrogens is 374 g/mol. The lowest BCUT2D eigenvalue weighted by molar-refractivity contribution is -0.138. The SMILES string of the molecule is CCOC(=O)/C(=C/c1cccc(Cl)c1)CNS(=O)(=O)c1ccc(C)cc1. The van der Waals surface area contributed by atoms with Crippen LogP contribution in [0.2, 0.25) is 5.02 Å². The number of esters is 1. The molecule has 138 valence electrons. The van der Waals surface area contributed by atoms with Gasteiger partial charge in [0.1, 0.15) is 0 Å². The monoisotopic (exact) mass is 393 g/mol. The Labute approximate surface area is 158 Å². The maximum absolute atomic E-state index is 12.4. The van der Waals surface area contributed by atoms with E-state index in [1.807, 2.05) is 6.92 Å². The topological polar surface area (TPSA) is 72.5 Å². The number of rotatable bonds is 7. The first-order valence-corrected chi connectivity index (χ1v) is 9.87. The molecule has 0 saturated heterocycles. The van der Waals surface area contributed by atoms with E-state index >= 15 is 0 Å². The zero-order valence-corrected chi connectivity index (χ0v) is 16.1. The Bertz CT molecular complexity index is 905. The summed E-state index contributed by atoms with van der Waals surface area (Å²) >= 11 is 5.95. The zero-order chi connectivity index (χ0) is 19.2. The summed E-state index contributed by atoms with van der Waals surface area (Å²) in [4.78, 5) is 12.3. The number of carbonyl (C=O) groups is 1. The van der Waals surface area contributed by atoms with E-state index in [0.29, 0.717) is 10.6 Å². The largest absolute Gasteiger partial charge is 0.463 e. The van der Waals surface area contributed by atoms with Crippen molar-refractivity contribution in [2.75, 3.05) is 13.2 Å². The van der Waals surface area contributed by atoms with Crippen molar-refractivity contribution in [2.45, 2.75) is 18.7 Å². The molecular formula is C19H20ClNO4S. The molecule has 26 heavy (non-hydrogen) atoms. The first kappa shape index (κ1) is 20.2. The highest BCUT2D eigenvalue weighted by atomic mass is 35.5. The van der Waals surface area contributed by atoms with Crippen LogP contribution in [0.5, 0.6) is 0 Å². The van der Waals surface area contributed by atoms with Crippen molar-refractivity contribution in [1.29, 1.82) is 0 Å². The number of hydrogen-bond acceptors (Lipinski definition) is 4. The van der Waals surface area contributed by atoms with Crippen molar-refractivity contribution in [1.82, 2.24) is 4.72 Å². The summed E-state index contributed by atoms with van der Waals surface area (Å²) in [6, 6.07) is 13.3. The van der Waals surface area contributed by atoms with E-state index in [1.54, 1.807) is 49.4 Å². The van der Waals surface area contributed by atoms with Crippen molar-refractivity contribution in [3.63, 3.8) is 0 Å². The van der Waals surface area contributed by atoms with Crippen LogP contribution in [-0.2, 0) is 19.6 Å². The van der Waals surface area contributed by atoms with Gasteiger partial charge in [-0.15, -0.1) is 0 Å². The summed E-state index contributed by atoms with van der Waals surface area (Å²) in [6.45, 7) is 3.56. The first-order chi connectivity index (χ1) is 12.3. The van der Waals surface area contributed by atoms with Gasteiger partial charge in [-0.05, 0) is 49.8 Å². The quantitative estimate of drug-likeness (QED) is 0.576. The summed E-state index contributed by atoms with van der Waals surface area (Å²) in [7, 11) is -3.75. The van der Waals surface area contributed by atoms with Gasteiger partial charge in [0.05, 0.1) is 17.1 Å². The fourth-order valence-electron chi connectivity index (χ4n) is 2.18. The second kappa shape index (κ2) is 8.98. The molecule has 0 radical (unpaired) electrons. The van der Waals surface area contributed by atoms with E-state index in [9.17, 15) is 13.2 Å². The Kier molecular flexibility index (Phi) is 6.97. The Morgan fingerprint density at radius 3 is 2.50 bits per heavy atom. The molecule has 5 nitrogen and oxygen atoms in total. The smallest absolute Gasteiger partial charge is 0.335 e. The number of nitrogens with one attached hydrogen (secondary N) is 1. The minimum absolute atomic E-state index is 0.133. The second-order valence-corrected chi connectivity index (χ2v) is 7.79. The molecule has 0 aromatic heterocycles. The molecule has 0 saturated carbocycles. The van der Waals surface area contributed by atoms with Crippen molar-refractivity contribution in [3.8, 4) is 0 Å². The summed E-state index contributed by atoms with van der Waals surface area (Å²) in [5.74, 6) is -0.584. The van der Waals surface area contributed by atoms with Gasteiger partial charge in [-0.25, -0.2) is 17.9 Å². The molecule has 0 aliphatic rings. The molecule has 0 atom stereocenters. The standard InChI is InChI=1S/C19H20ClNO4S/c1-3-25-19(22)16(11-15-5-4-6-17(20)12-15)13-21-26(23,24)18-9-7-14(2)8-10-18/h4-12,21H,3,13H2,1-2H3/b16-11+. The van der Waals surface area contributed by atoms with Gasteiger partial charge in [0, 0.05) is 11.6 Å². The number of halogens is 1. The highest BCUT2D eigenvalue weighted by Crippen LogP contribution is 2.15. The van der Waals surface area contributed by atoms with E-state index in [-0.39, 0.29) is 23.6 Å². The van der Waals surface area contributed by atoms with Gasteiger partial charge in [0.15, 0.2) is 0 Å². The third-order valence-corrected chi connectivity index (χ3v) is 5.16. The van der Waals surface area contributed by atoms with Crippen LogP contribution in [0.25, 0.3) is 6.08 Å². The lowest BCUT2D eigenvalue weighted by Crippen LogP contribution is -2.28. The molecule has 0 amide bonds. The third-order valence-electron chi connectivity index (χ3n) is 3.51. The number of ether oxygens (including phenoxy) is 1. The van der Waals surface area contributed by atoms with E-state index in [0.717, 1.165) is 5.56 Å². The van der Waals surface area contributed by atoms with Gasteiger partial charge < -0.3 is 4.74 Å². The number of benzene rings is 2. The van der Waals surface area contributed by atoms with Gasteiger partial charge in [-0.3, -0.25) is 0 Å². The zero-order valence-electron chi connectivity index (χ0n) is 14.5. The van der Waals surface area contributed by atoms with Crippen LogP contribution in [-0.4, -0.2) is 27.5 Å². The average molecular weight is 394 g/mol. The van der Waals surface area contributed by atoms with E-state index in [4.69, 9.17) is 16.3 Å². The molecule has 0 bridgehead atoms. The summed E-state index contributed by atoms with van der Waals surface area (Å²) < 4.78 is 32.3. The molecule has 0 spiro atoms. The molecule has 2 rings (SSSR count). The number of carbonyl (C=O) groups excluding carboxylic acids is 1. The molecule has 1 N–H and O–H groups in total. The molecule has 2 aromatic rings. The minimum atomic E-state index is -3.75. The van der Waals surface area contributed by atoms with Crippen LogP contribution in [0.4, 0.5) is 0 Å². The van der Waals surface area contributed by atoms with E-state index in [2.05, 4.69) is 4.72 Å². The molecule has 0 aliphatic heterocycles. The highest BCUT2D eigenvalue weighted by Gasteiger charge is 2.17. The first-order valence-electron chi connectivity index (χ1n) is 8.01. The Balaban J connectivity index is 2.24. The van der Waals surface area contributed by atoms with Crippen molar-refractivity contribution in [3.05, 3.63) is 70.3 Å². The number of sulfonamides is 1. The fraction of sp³-hybridized carbons (Fsp3) is 0.211. The Morgan fingerprint density at radius 1 is 1.19 bits per heavy atom. The second-order valence-electron chi connectivity index (χ2n) is 5.58. The fourth-order valence-corrected chi connectivity index (χ4v) is 3.38. The maximum Gasteiger partial charge on any atom is 0.335 e. The molecule has 0 aliphatic carbocycles. The van der Waals surface area contributed by atoms with E-state index < -0.39 is 16.0 Å². The van der Waals surface area contributed by atoms with Gasteiger partial charge >= 0.3 is 5.97 Å². The summed E-state index contributed by atoms with van der Waals surface area (Å²) in [6.07, 6.45) is 1.56. The van der Waals surface area contributed by atoms with Crippen LogP contribution in [0.3, 0.4) is 0 Å². The predicted octanol–water partition coefficient (Wildman–Crippen LogP) is 3.57. The molecule has 0 fully saturated rings. The predicted molar refractivity (Wildman–Crippen MR) is 102 cm³/mol. The summed E-state index contributed by atoms with van der Waals surface area (Å²) in [5, 5.41) is 0.516. The van der Waals surface area contributed by atoms with Gasteiger partial charge in [-0.1, -0.05) is 41.4 Å². The van der Waals surface area contributed by atoms with Gasteiger partial charge in [0.2, 0.25) is 10.0 Å². The van der Waals surface area contributed by atoms with Gasteiger partial charge in [0.25, 0.3) is 0 Å². The normalized spacial score (nSPS) is 12.0. The highest BCUT2D eigenvalue weighted by molar-refractivity contribution is 7.89. The van der Waals surface area contributed by atoms with Crippen LogP contribution in [0.1, 0.15) is 18.1 Å². The van der Waals surface area contributed by atoms with E-state index in [1.165, 1.54) is 12.1 Å². The van der Waals surface area contributed by atoms with Crippen LogP contribution >= 0.6 is 11.6 Å². The Hall–Kier alpha value is -2.15. The molecule has 0 heterocycles. The molecule has 0 unspecified atom stereocenters. The minimum Gasteiger partial charge on any atom is -0.463 e. The number of aryl methyl sites for hydroxylation is 1. The van der Waals surface area contributed by atoms with Crippen LogP contribution < -0.4 is 4.72 Å². The van der Waals surface area contributed by atoms with Crippen molar-refractivity contribution >= 4 is 33.7 Å². The van der Waals surface area contributed by atoms with Gasteiger partial charge in [-0.2, -0.15) is 0 Å². The van der Waals surface area contributed by atoms with Crippen molar-refractivity contribution in [2.24, 2.45) is 0 Å². The third kappa shape index (κ3) is 5.69. The number of hydrogen-bond donors (Lipinski definition) is 1. The van der Waals surface area contributed by atoms with Crippen LogP contribution in [0.15, 0.2) is 59.0 Å². The Morgan fingerprint density at radius 2 is 1.88 bits per heavy atom. The molecule has 7 heteroatoms. The lowest BCUT2D eigenvalue weighted by Gasteiger charge is -2.10. The average Bonchev–Trinajstić information content (AvgIpc) is 2.59. The molecule has 2 aromatic carbocycles. The van der Waals surface area contributed by atoms with Crippen LogP contribution in [0, 0.1) is 6.92 Å². The maximum atomic E-state index is 12.4.